The standard InChI is InChI=1S/C22H18N6O2S/c29-20(18-13-23-8-9-24-18)26-22-25-17-7-12-28(14-19(17)31-22)21(30)15-3-5-16(6-4-15)27-10-1-2-11-27/h1-6,8-11,13H,7,12,14H2,(H,25,26,29). The molecule has 4 aromatic rings. The number of hydrogen-bond donors (Lipinski definition) is 1. The molecule has 0 spiro atoms. The molecule has 3 aromatic heterocycles. The van der Waals surface area contributed by atoms with Gasteiger partial charge >= 0.3 is 0 Å². The van der Waals surface area contributed by atoms with Gasteiger partial charge in [-0.25, -0.2) is 9.97 Å². The van der Waals surface area contributed by atoms with Gasteiger partial charge in [0.05, 0.1) is 18.4 Å². The molecule has 9 heteroatoms. The molecule has 31 heavy (non-hydrogen) atoms. The topological polar surface area (TPSA) is 93.0 Å². The van der Waals surface area contributed by atoms with Crippen LogP contribution in [0.1, 0.15) is 31.4 Å². The minimum Gasteiger partial charge on any atom is -0.333 e. The molecule has 0 aliphatic carbocycles. The molecule has 5 rings (SSSR count). The van der Waals surface area contributed by atoms with Crippen molar-refractivity contribution in [2.75, 3.05) is 11.9 Å². The number of aromatic nitrogens is 4. The molecule has 0 atom stereocenters. The lowest BCUT2D eigenvalue weighted by molar-refractivity contribution is 0.0736. The lowest BCUT2D eigenvalue weighted by Gasteiger charge is -2.26. The first kappa shape index (κ1) is 19.1. The summed E-state index contributed by atoms with van der Waals surface area (Å²) in [6, 6.07) is 11.5. The molecule has 0 radical (unpaired) electrons. The summed E-state index contributed by atoms with van der Waals surface area (Å²) in [5, 5.41) is 3.28. The number of hydrogen-bond acceptors (Lipinski definition) is 6. The maximum absolute atomic E-state index is 13.0. The highest BCUT2D eigenvalue weighted by Gasteiger charge is 2.25. The van der Waals surface area contributed by atoms with E-state index in [1.807, 2.05) is 58.3 Å². The van der Waals surface area contributed by atoms with Gasteiger partial charge < -0.3 is 9.47 Å². The molecule has 1 aliphatic rings. The van der Waals surface area contributed by atoms with E-state index >= 15 is 0 Å². The van der Waals surface area contributed by atoms with Gasteiger partial charge in [-0.15, -0.1) is 0 Å². The number of nitrogens with zero attached hydrogens (tertiary/aromatic N) is 5. The van der Waals surface area contributed by atoms with Crippen molar-refractivity contribution in [1.82, 2.24) is 24.4 Å². The Morgan fingerprint density at radius 2 is 1.87 bits per heavy atom. The summed E-state index contributed by atoms with van der Waals surface area (Å²) in [5.41, 5.74) is 2.82. The van der Waals surface area contributed by atoms with Crippen LogP contribution in [0.2, 0.25) is 0 Å². The number of nitrogens with one attached hydrogen (secondary N) is 1. The molecule has 1 N–H and O–H groups in total. The Morgan fingerprint density at radius 3 is 2.61 bits per heavy atom. The van der Waals surface area contributed by atoms with Crippen LogP contribution in [-0.4, -0.2) is 42.8 Å². The molecule has 0 saturated heterocycles. The van der Waals surface area contributed by atoms with Crippen molar-refractivity contribution in [2.45, 2.75) is 13.0 Å². The van der Waals surface area contributed by atoms with Crippen molar-refractivity contribution < 1.29 is 9.59 Å². The maximum atomic E-state index is 13.0. The van der Waals surface area contributed by atoms with E-state index in [2.05, 4.69) is 20.3 Å². The Kier molecular flexibility index (Phi) is 5.01. The van der Waals surface area contributed by atoms with Gasteiger partial charge in [0.1, 0.15) is 5.69 Å². The maximum Gasteiger partial charge on any atom is 0.277 e. The summed E-state index contributed by atoms with van der Waals surface area (Å²) in [5.74, 6) is -0.363. The zero-order valence-corrected chi connectivity index (χ0v) is 17.2. The van der Waals surface area contributed by atoms with Crippen molar-refractivity contribution in [2.24, 2.45) is 0 Å². The fraction of sp³-hybridized carbons (Fsp3) is 0.136. The molecular formula is C22H18N6O2S. The Bertz CT molecular complexity index is 1220. The molecule has 1 aromatic carbocycles. The van der Waals surface area contributed by atoms with E-state index in [0.29, 0.717) is 30.2 Å². The first-order valence-corrected chi connectivity index (χ1v) is 10.6. The second-order valence-corrected chi connectivity index (χ2v) is 8.13. The molecule has 2 amide bonds. The first-order valence-electron chi connectivity index (χ1n) is 9.76. The summed E-state index contributed by atoms with van der Waals surface area (Å²) in [6.45, 7) is 1.07. The van der Waals surface area contributed by atoms with Crippen molar-refractivity contribution in [1.29, 1.82) is 0 Å². The molecule has 0 saturated carbocycles. The highest BCUT2D eigenvalue weighted by atomic mass is 32.1. The third-order valence-corrected chi connectivity index (χ3v) is 6.05. The SMILES string of the molecule is O=C(Nc1nc2c(s1)CN(C(=O)c1ccc(-n3cccc3)cc1)CC2)c1cnccn1. The molecule has 8 nitrogen and oxygen atoms in total. The quantitative estimate of drug-likeness (QED) is 0.537. The number of amides is 2. The predicted octanol–water partition coefficient (Wildman–Crippen LogP) is 3.17. The number of rotatable bonds is 4. The van der Waals surface area contributed by atoms with Crippen LogP contribution >= 0.6 is 11.3 Å². The zero-order valence-electron chi connectivity index (χ0n) is 16.4. The molecule has 0 unspecified atom stereocenters. The molecule has 0 bridgehead atoms. The average molecular weight is 430 g/mol. The third kappa shape index (κ3) is 3.95. The van der Waals surface area contributed by atoms with Gasteiger partial charge in [-0.2, -0.15) is 0 Å². The predicted molar refractivity (Wildman–Crippen MR) is 116 cm³/mol. The zero-order chi connectivity index (χ0) is 21.2. The van der Waals surface area contributed by atoms with Gasteiger partial charge in [-0.3, -0.25) is 19.9 Å². The lowest BCUT2D eigenvalue weighted by Crippen LogP contribution is -2.35. The van der Waals surface area contributed by atoms with E-state index in [1.54, 1.807) is 0 Å². The van der Waals surface area contributed by atoms with Crippen LogP contribution in [0.5, 0.6) is 0 Å². The third-order valence-electron chi connectivity index (χ3n) is 5.05. The van der Waals surface area contributed by atoms with E-state index in [1.165, 1.54) is 29.9 Å². The Morgan fingerprint density at radius 1 is 1.06 bits per heavy atom. The van der Waals surface area contributed by atoms with Crippen molar-refractivity contribution in [3.05, 3.63) is 89.2 Å². The number of fused-ring (bicyclic) bond motifs is 1. The molecule has 1 aliphatic heterocycles. The van der Waals surface area contributed by atoms with Gasteiger partial charge in [0, 0.05) is 53.9 Å². The number of anilines is 1. The number of thiazole rings is 1. The minimum atomic E-state index is -0.352. The normalized spacial score (nSPS) is 13.0. The highest BCUT2D eigenvalue weighted by Crippen LogP contribution is 2.29. The summed E-state index contributed by atoms with van der Waals surface area (Å²) < 4.78 is 2.00. The fourth-order valence-electron chi connectivity index (χ4n) is 3.47. The number of benzene rings is 1. The van der Waals surface area contributed by atoms with E-state index in [4.69, 9.17) is 0 Å². The number of carbonyl (C=O) groups is 2. The van der Waals surface area contributed by atoms with Crippen LogP contribution in [0.3, 0.4) is 0 Å². The summed E-state index contributed by atoms with van der Waals surface area (Å²) in [7, 11) is 0. The summed E-state index contributed by atoms with van der Waals surface area (Å²) in [4.78, 5) is 40.5. The Balaban J connectivity index is 1.27. The van der Waals surface area contributed by atoms with Crippen LogP contribution in [0, 0.1) is 0 Å². The summed E-state index contributed by atoms with van der Waals surface area (Å²) >= 11 is 1.39. The van der Waals surface area contributed by atoms with E-state index in [-0.39, 0.29) is 17.5 Å². The fourth-order valence-corrected chi connectivity index (χ4v) is 4.48. The first-order chi connectivity index (χ1) is 15.2. The largest absolute Gasteiger partial charge is 0.333 e. The van der Waals surface area contributed by atoms with Crippen LogP contribution in [-0.2, 0) is 13.0 Å². The van der Waals surface area contributed by atoms with Crippen LogP contribution < -0.4 is 5.32 Å². The summed E-state index contributed by atoms with van der Waals surface area (Å²) in [6.07, 6.45) is 8.97. The minimum absolute atomic E-state index is 0.0109. The molecule has 4 heterocycles. The smallest absolute Gasteiger partial charge is 0.277 e. The van der Waals surface area contributed by atoms with E-state index in [0.717, 1.165) is 16.3 Å². The van der Waals surface area contributed by atoms with Gasteiger partial charge in [0.2, 0.25) is 0 Å². The van der Waals surface area contributed by atoms with Crippen LogP contribution in [0.25, 0.3) is 5.69 Å². The van der Waals surface area contributed by atoms with Crippen LogP contribution in [0.15, 0.2) is 67.4 Å². The lowest BCUT2D eigenvalue weighted by atomic mass is 10.1. The van der Waals surface area contributed by atoms with Crippen LogP contribution in [0.4, 0.5) is 5.13 Å². The van der Waals surface area contributed by atoms with Crippen molar-refractivity contribution in [3.8, 4) is 5.69 Å². The van der Waals surface area contributed by atoms with Gasteiger partial charge in [-0.05, 0) is 36.4 Å². The second kappa shape index (κ2) is 8.11. The molecule has 154 valence electrons. The van der Waals surface area contributed by atoms with E-state index in [9.17, 15) is 9.59 Å². The van der Waals surface area contributed by atoms with Crippen molar-refractivity contribution in [3.63, 3.8) is 0 Å². The second-order valence-electron chi connectivity index (χ2n) is 7.05. The highest BCUT2D eigenvalue weighted by molar-refractivity contribution is 7.15. The molecular weight excluding hydrogens is 412 g/mol. The Labute approximate surface area is 182 Å². The van der Waals surface area contributed by atoms with Gasteiger partial charge in [0.15, 0.2) is 5.13 Å². The van der Waals surface area contributed by atoms with Gasteiger partial charge in [-0.1, -0.05) is 11.3 Å². The number of carbonyl (C=O) groups excluding carboxylic acids is 2. The molecule has 0 fully saturated rings. The van der Waals surface area contributed by atoms with E-state index < -0.39 is 0 Å². The van der Waals surface area contributed by atoms with Gasteiger partial charge in [0.25, 0.3) is 11.8 Å². The monoisotopic (exact) mass is 430 g/mol. The Hall–Kier alpha value is -3.85. The van der Waals surface area contributed by atoms with Crippen molar-refractivity contribution >= 4 is 28.3 Å². The average Bonchev–Trinajstić information content (AvgIpc) is 3.48.